The minimum atomic E-state index is -0.0769. The minimum absolute atomic E-state index is 0.0566. The molecule has 5 nitrogen and oxygen atoms in total. The van der Waals surface area contributed by atoms with Crippen LogP contribution in [0.1, 0.15) is 22.9 Å². The Balaban J connectivity index is 1.78. The molecule has 1 N–H and O–H groups in total. The van der Waals surface area contributed by atoms with Crippen molar-refractivity contribution in [1.29, 1.82) is 0 Å². The van der Waals surface area contributed by atoms with Gasteiger partial charge in [-0.3, -0.25) is 4.79 Å². The molecule has 1 atom stereocenters. The number of carbonyl (C=O) groups is 1. The fraction of sp³-hybridized carbons (Fsp3) is 0.222. The number of hydrogen-bond acceptors (Lipinski definition) is 4. The number of carbonyl (C=O) groups excluding carboxylic acids is 1. The summed E-state index contributed by atoms with van der Waals surface area (Å²) in [6.07, 6.45) is 6.03. The van der Waals surface area contributed by atoms with Gasteiger partial charge in [0, 0.05) is 23.5 Å². The Labute approximate surface area is 144 Å². The highest BCUT2D eigenvalue weighted by Gasteiger charge is 2.18. The largest absolute Gasteiger partial charge is 0.497 e. The number of nitrogens with one attached hydrogen (secondary N) is 1. The smallest absolute Gasteiger partial charge is 0.228 e. The van der Waals surface area contributed by atoms with Gasteiger partial charge in [0.05, 0.1) is 19.6 Å². The lowest BCUT2D eigenvalue weighted by atomic mass is 10.0. The van der Waals surface area contributed by atoms with Gasteiger partial charge < -0.3 is 14.6 Å². The molecule has 1 amide bonds. The monoisotopic (exact) mass is 341 g/mol. The summed E-state index contributed by atoms with van der Waals surface area (Å²) in [5, 5.41) is 3.52. The summed E-state index contributed by atoms with van der Waals surface area (Å²) in [7, 11) is 1.64. The van der Waals surface area contributed by atoms with Crippen molar-refractivity contribution in [3.8, 4) is 5.75 Å². The van der Waals surface area contributed by atoms with Crippen LogP contribution in [0.15, 0.2) is 55.0 Å². The summed E-state index contributed by atoms with van der Waals surface area (Å²) >= 11 is 1.47. The molecule has 1 unspecified atom stereocenters. The van der Waals surface area contributed by atoms with E-state index in [-0.39, 0.29) is 11.9 Å². The van der Waals surface area contributed by atoms with Crippen molar-refractivity contribution in [2.24, 2.45) is 0 Å². The topological polar surface area (TPSA) is 56.1 Å². The van der Waals surface area contributed by atoms with E-state index in [0.29, 0.717) is 11.6 Å². The van der Waals surface area contributed by atoms with E-state index in [2.05, 4.69) is 10.3 Å². The van der Waals surface area contributed by atoms with Crippen molar-refractivity contribution in [2.75, 3.05) is 12.4 Å². The van der Waals surface area contributed by atoms with Gasteiger partial charge in [0.1, 0.15) is 5.75 Å². The van der Waals surface area contributed by atoms with E-state index in [1.165, 1.54) is 11.3 Å². The summed E-state index contributed by atoms with van der Waals surface area (Å²) in [4.78, 5) is 17.7. The van der Waals surface area contributed by atoms with Crippen LogP contribution in [0.2, 0.25) is 0 Å². The van der Waals surface area contributed by atoms with Gasteiger partial charge in [0.15, 0.2) is 5.13 Å². The van der Waals surface area contributed by atoms with Crippen LogP contribution in [0.25, 0.3) is 0 Å². The second-order valence-electron chi connectivity index (χ2n) is 5.45. The number of rotatable bonds is 6. The first-order valence-corrected chi connectivity index (χ1v) is 8.46. The van der Waals surface area contributed by atoms with Crippen LogP contribution in [0.5, 0.6) is 5.75 Å². The van der Waals surface area contributed by atoms with E-state index < -0.39 is 0 Å². The van der Waals surface area contributed by atoms with Crippen molar-refractivity contribution in [2.45, 2.75) is 19.4 Å². The highest BCUT2D eigenvalue weighted by molar-refractivity contribution is 7.15. The van der Waals surface area contributed by atoms with Gasteiger partial charge in [-0.1, -0.05) is 12.1 Å². The number of thiazole rings is 1. The number of amides is 1. The Kier molecular flexibility index (Phi) is 4.96. The molecule has 0 saturated heterocycles. The number of benzene rings is 1. The molecule has 6 heteroatoms. The molecule has 0 aliphatic rings. The SMILES string of the molecule is COc1ccc(C(CC(=O)Nc2ncc(C)s2)n2cccc2)cc1. The molecule has 1 aromatic carbocycles. The summed E-state index contributed by atoms with van der Waals surface area (Å²) in [6, 6.07) is 11.6. The number of aryl methyl sites for hydroxylation is 1. The molecular weight excluding hydrogens is 322 g/mol. The van der Waals surface area contributed by atoms with Crippen molar-refractivity contribution in [3.05, 3.63) is 65.4 Å². The third-order valence-electron chi connectivity index (χ3n) is 3.73. The van der Waals surface area contributed by atoms with Crippen LogP contribution in [0.4, 0.5) is 5.13 Å². The fourth-order valence-corrected chi connectivity index (χ4v) is 3.22. The van der Waals surface area contributed by atoms with Gasteiger partial charge in [-0.2, -0.15) is 0 Å². The van der Waals surface area contributed by atoms with Crippen LogP contribution in [-0.2, 0) is 4.79 Å². The van der Waals surface area contributed by atoms with Crippen molar-refractivity contribution in [3.63, 3.8) is 0 Å². The molecule has 0 aliphatic heterocycles. The zero-order chi connectivity index (χ0) is 16.9. The average Bonchev–Trinajstić information content (AvgIpc) is 3.25. The molecule has 0 fully saturated rings. The highest BCUT2D eigenvalue weighted by atomic mass is 32.1. The predicted octanol–water partition coefficient (Wildman–Crippen LogP) is 3.88. The Morgan fingerprint density at radius 1 is 1.29 bits per heavy atom. The predicted molar refractivity (Wildman–Crippen MR) is 95.7 cm³/mol. The molecule has 3 rings (SSSR count). The van der Waals surface area contributed by atoms with E-state index in [1.807, 2.05) is 60.3 Å². The summed E-state index contributed by atoms with van der Waals surface area (Å²) in [5.74, 6) is 0.742. The Hall–Kier alpha value is -2.60. The molecule has 0 radical (unpaired) electrons. The zero-order valence-corrected chi connectivity index (χ0v) is 14.4. The summed E-state index contributed by atoms with van der Waals surface area (Å²) in [6.45, 7) is 1.97. The minimum Gasteiger partial charge on any atom is -0.497 e. The zero-order valence-electron chi connectivity index (χ0n) is 13.6. The number of aromatic nitrogens is 2. The van der Waals surface area contributed by atoms with E-state index >= 15 is 0 Å². The van der Waals surface area contributed by atoms with Gasteiger partial charge >= 0.3 is 0 Å². The van der Waals surface area contributed by atoms with Crippen LogP contribution in [-0.4, -0.2) is 22.6 Å². The van der Waals surface area contributed by atoms with Crippen molar-refractivity contribution >= 4 is 22.4 Å². The first kappa shape index (κ1) is 16.3. The average molecular weight is 341 g/mol. The number of nitrogens with zero attached hydrogens (tertiary/aromatic N) is 2. The quantitative estimate of drug-likeness (QED) is 0.740. The number of methoxy groups -OCH3 is 1. The summed E-state index contributed by atoms with van der Waals surface area (Å²) < 4.78 is 7.25. The van der Waals surface area contributed by atoms with Gasteiger partial charge in [-0.15, -0.1) is 11.3 Å². The summed E-state index contributed by atoms with van der Waals surface area (Å²) in [5.41, 5.74) is 1.05. The van der Waals surface area contributed by atoms with Gasteiger partial charge in [0.25, 0.3) is 0 Å². The maximum Gasteiger partial charge on any atom is 0.228 e. The lowest BCUT2D eigenvalue weighted by Gasteiger charge is -2.19. The van der Waals surface area contributed by atoms with Crippen LogP contribution < -0.4 is 10.1 Å². The van der Waals surface area contributed by atoms with Crippen molar-refractivity contribution in [1.82, 2.24) is 9.55 Å². The second kappa shape index (κ2) is 7.31. The molecule has 0 bridgehead atoms. The molecule has 0 spiro atoms. The maximum absolute atomic E-state index is 12.4. The Bertz CT molecular complexity index is 794. The van der Waals surface area contributed by atoms with Crippen LogP contribution >= 0.6 is 11.3 Å². The fourth-order valence-electron chi connectivity index (χ4n) is 2.54. The maximum atomic E-state index is 12.4. The van der Waals surface area contributed by atoms with Gasteiger partial charge in [-0.05, 0) is 36.8 Å². The lowest BCUT2D eigenvalue weighted by Crippen LogP contribution is -2.19. The Morgan fingerprint density at radius 3 is 2.58 bits per heavy atom. The molecule has 3 aromatic rings. The van der Waals surface area contributed by atoms with Crippen molar-refractivity contribution < 1.29 is 9.53 Å². The van der Waals surface area contributed by atoms with E-state index in [0.717, 1.165) is 16.2 Å². The standard InChI is InChI=1S/C18H19N3O2S/c1-13-12-19-18(24-13)20-17(22)11-16(21-9-3-4-10-21)14-5-7-15(23-2)8-6-14/h3-10,12,16H,11H2,1-2H3,(H,19,20,22). The molecule has 24 heavy (non-hydrogen) atoms. The van der Waals surface area contributed by atoms with E-state index in [4.69, 9.17) is 4.74 Å². The molecule has 2 heterocycles. The molecule has 0 saturated carbocycles. The number of hydrogen-bond donors (Lipinski definition) is 1. The second-order valence-corrected chi connectivity index (χ2v) is 6.68. The molecule has 2 aromatic heterocycles. The van der Waals surface area contributed by atoms with Crippen LogP contribution in [0.3, 0.4) is 0 Å². The first-order valence-electron chi connectivity index (χ1n) is 7.64. The highest BCUT2D eigenvalue weighted by Crippen LogP contribution is 2.25. The third-order valence-corrected chi connectivity index (χ3v) is 4.56. The normalized spacial score (nSPS) is 11.9. The number of ether oxygens (including phenoxy) is 1. The van der Waals surface area contributed by atoms with Crippen LogP contribution in [0, 0.1) is 6.92 Å². The molecule has 124 valence electrons. The molecule has 0 aliphatic carbocycles. The first-order chi connectivity index (χ1) is 11.7. The van der Waals surface area contributed by atoms with E-state index in [9.17, 15) is 4.79 Å². The third kappa shape index (κ3) is 3.83. The van der Waals surface area contributed by atoms with Gasteiger partial charge in [-0.25, -0.2) is 4.98 Å². The molecular formula is C18H19N3O2S. The Morgan fingerprint density at radius 2 is 2.00 bits per heavy atom. The lowest BCUT2D eigenvalue weighted by molar-refractivity contribution is -0.116. The van der Waals surface area contributed by atoms with Gasteiger partial charge in [0.2, 0.25) is 5.91 Å². The number of anilines is 1. The van der Waals surface area contributed by atoms with E-state index in [1.54, 1.807) is 13.3 Å².